The van der Waals surface area contributed by atoms with Crippen LogP contribution in [0.3, 0.4) is 0 Å². The highest BCUT2D eigenvalue weighted by Crippen LogP contribution is 2.26. The zero-order valence-corrected chi connectivity index (χ0v) is 7.93. The van der Waals surface area contributed by atoms with Crippen LogP contribution >= 0.6 is 0 Å². The van der Waals surface area contributed by atoms with E-state index < -0.39 is 0 Å². The molecular weight excluding hydrogens is 172 g/mol. The smallest absolute Gasteiger partial charge is 0.0647 e. The van der Waals surface area contributed by atoms with Gasteiger partial charge in [-0.05, 0) is 24.3 Å². The number of allylic oxidation sites excluding steroid dienone is 6. The van der Waals surface area contributed by atoms with Crippen LogP contribution in [0.2, 0.25) is 0 Å². The van der Waals surface area contributed by atoms with Crippen molar-refractivity contribution in [3.05, 3.63) is 60.3 Å². The Morgan fingerprint density at radius 2 is 1.21 bits per heavy atom. The Labute approximate surface area is 83.8 Å². The Bertz CT molecular complexity index is 359. The van der Waals surface area contributed by atoms with Gasteiger partial charge in [-0.15, -0.1) is 0 Å². The molecule has 0 fully saturated rings. The van der Waals surface area contributed by atoms with Gasteiger partial charge in [-0.3, -0.25) is 0 Å². The van der Waals surface area contributed by atoms with Gasteiger partial charge in [0.2, 0.25) is 0 Å². The molecule has 3 aliphatic rings. The van der Waals surface area contributed by atoms with Crippen LogP contribution in [-0.2, 0) is 0 Å². The average Bonchev–Trinajstić information content (AvgIpc) is 2.29. The van der Waals surface area contributed by atoms with Crippen LogP contribution in [-0.4, -0.2) is 22.9 Å². The van der Waals surface area contributed by atoms with Gasteiger partial charge in [0, 0.05) is 25.5 Å². The van der Waals surface area contributed by atoms with Gasteiger partial charge in [0.15, 0.2) is 0 Å². The van der Waals surface area contributed by atoms with Crippen LogP contribution in [0.4, 0.5) is 0 Å². The molecule has 0 spiro atoms. The van der Waals surface area contributed by atoms with Crippen molar-refractivity contribution in [2.24, 2.45) is 0 Å². The lowest BCUT2D eigenvalue weighted by Crippen LogP contribution is -2.37. The highest BCUT2D eigenvalue weighted by atomic mass is 15.2. The number of rotatable bonds is 0. The molecule has 14 heavy (non-hydrogen) atoms. The van der Waals surface area contributed by atoms with Gasteiger partial charge in [0.1, 0.15) is 0 Å². The molecule has 0 saturated carbocycles. The van der Waals surface area contributed by atoms with Crippen molar-refractivity contribution in [2.45, 2.75) is 0 Å². The molecule has 0 atom stereocenters. The van der Waals surface area contributed by atoms with E-state index in [0.717, 1.165) is 13.1 Å². The molecular formula is C12H12N2. The van der Waals surface area contributed by atoms with Gasteiger partial charge in [0.05, 0.1) is 11.4 Å². The van der Waals surface area contributed by atoms with Crippen molar-refractivity contribution < 1.29 is 0 Å². The van der Waals surface area contributed by atoms with Crippen LogP contribution in [0.25, 0.3) is 0 Å². The molecule has 0 amide bonds. The first-order valence-electron chi connectivity index (χ1n) is 4.92. The van der Waals surface area contributed by atoms with Gasteiger partial charge < -0.3 is 9.80 Å². The fourth-order valence-electron chi connectivity index (χ4n) is 2.02. The van der Waals surface area contributed by atoms with Crippen molar-refractivity contribution in [1.29, 1.82) is 0 Å². The third kappa shape index (κ3) is 1.04. The largest absolute Gasteiger partial charge is 0.345 e. The third-order valence-corrected chi connectivity index (χ3v) is 2.73. The maximum atomic E-state index is 2.30. The van der Waals surface area contributed by atoms with Crippen molar-refractivity contribution in [3.63, 3.8) is 0 Å². The summed E-state index contributed by atoms with van der Waals surface area (Å²) in [6, 6.07) is 0. The minimum atomic E-state index is 1.07. The first kappa shape index (κ1) is 7.68. The minimum absolute atomic E-state index is 1.07. The molecule has 2 heteroatoms. The van der Waals surface area contributed by atoms with E-state index in [1.165, 1.54) is 11.4 Å². The van der Waals surface area contributed by atoms with Crippen molar-refractivity contribution in [3.8, 4) is 0 Å². The summed E-state index contributed by atoms with van der Waals surface area (Å²) in [6.45, 7) is 2.13. The Morgan fingerprint density at radius 3 is 1.71 bits per heavy atom. The molecule has 0 N–H and O–H groups in total. The van der Waals surface area contributed by atoms with Gasteiger partial charge in [-0.2, -0.15) is 0 Å². The normalized spacial score (nSPS) is 22.9. The van der Waals surface area contributed by atoms with E-state index in [0.29, 0.717) is 0 Å². The summed E-state index contributed by atoms with van der Waals surface area (Å²) in [7, 11) is 0. The molecule has 3 rings (SSSR count). The van der Waals surface area contributed by atoms with E-state index in [4.69, 9.17) is 0 Å². The van der Waals surface area contributed by atoms with Gasteiger partial charge in [-0.1, -0.05) is 12.2 Å². The molecule has 0 aliphatic carbocycles. The topological polar surface area (TPSA) is 6.48 Å². The summed E-state index contributed by atoms with van der Waals surface area (Å²) >= 11 is 0. The number of hydrogen-bond donors (Lipinski definition) is 0. The second kappa shape index (κ2) is 2.91. The van der Waals surface area contributed by atoms with E-state index in [1.54, 1.807) is 0 Å². The van der Waals surface area contributed by atoms with Crippen molar-refractivity contribution in [2.75, 3.05) is 13.1 Å². The van der Waals surface area contributed by atoms with Crippen LogP contribution in [0.15, 0.2) is 60.3 Å². The Hall–Kier alpha value is -1.70. The number of nitrogens with zero attached hydrogens (tertiary/aromatic N) is 2. The van der Waals surface area contributed by atoms with Gasteiger partial charge in [-0.25, -0.2) is 0 Å². The maximum absolute atomic E-state index is 2.30. The highest BCUT2D eigenvalue weighted by Gasteiger charge is 2.21. The van der Waals surface area contributed by atoms with E-state index in [-0.39, 0.29) is 0 Å². The lowest BCUT2D eigenvalue weighted by molar-refractivity contribution is 0.332. The zero-order valence-electron chi connectivity index (χ0n) is 7.93. The molecule has 2 nitrogen and oxygen atoms in total. The van der Waals surface area contributed by atoms with E-state index >= 15 is 0 Å². The number of hydrogen-bond acceptors (Lipinski definition) is 2. The molecule has 0 bridgehead atoms. The van der Waals surface area contributed by atoms with E-state index in [9.17, 15) is 0 Å². The Morgan fingerprint density at radius 1 is 0.714 bits per heavy atom. The van der Waals surface area contributed by atoms with Gasteiger partial charge in [0.25, 0.3) is 0 Å². The SMILES string of the molecule is C1=CC2=C3C=CC=CN3CCN2C=C1. The van der Waals surface area contributed by atoms with Crippen LogP contribution in [0, 0.1) is 0 Å². The van der Waals surface area contributed by atoms with E-state index in [2.05, 4.69) is 58.7 Å². The van der Waals surface area contributed by atoms with Crippen molar-refractivity contribution >= 4 is 0 Å². The van der Waals surface area contributed by atoms with E-state index in [1.807, 2.05) is 0 Å². The second-order valence-corrected chi connectivity index (χ2v) is 3.56. The van der Waals surface area contributed by atoms with Crippen LogP contribution in [0.1, 0.15) is 0 Å². The molecule has 3 heterocycles. The van der Waals surface area contributed by atoms with Crippen LogP contribution in [0.5, 0.6) is 0 Å². The summed E-state index contributed by atoms with van der Waals surface area (Å²) in [4.78, 5) is 4.60. The molecule has 70 valence electrons. The average molecular weight is 184 g/mol. The monoisotopic (exact) mass is 184 g/mol. The second-order valence-electron chi connectivity index (χ2n) is 3.56. The molecule has 0 radical (unpaired) electrons. The summed E-state index contributed by atoms with van der Waals surface area (Å²) in [5.74, 6) is 0. The van der Waals surface area contributed by atoms with Gasteiger partial charge >= 0.3 is 0 Å². The lowest BCUT2D eigenvalue weighted by Gasteiger charge is -2.37. The standard InChI is InChI=1S/C12H12N2/c1-3-7-13-9-10-14-8-4-2-6-12(14)11(13)5-1/h1-8H,9-10H2. The summed E-state index contributed by atoms with van der Waals surface area (Å²) in [5.41, 5.74) is 2.61. The zero-order chi connectivity index (χ0) is 9.38. The fourth-order valence-corrected chi connectivity index (χ4v) is 2.02. The van der Waals surface area contributed by atoms with Crippen molar-refractivity contribution in [1.82, 2.24) is 9.80 Å². The molecule has 3 aliphatic heterocycles. The fraction of sp³-hybridized carbons (Fsp3) is 0.167. The summed E-state index contributed by atoms with van der Waals surface area (Å²) in [6.07, 6.45) is 17.0. The Balaban J connectivity index is 2.10. The third-order valence-electron chi connectivity index (χ3n) is 2.73. The maximum Gasteiger partial charge on any atom is 0.0647 e. The highest BCUT2D eigenvalue weighted by molar-refractivity contribution is 5.41. The molecule has 0 aromatic heterocycles. The lowest BCUT2D eigenvalue weighted by atomic mass is 10.1. The first-order valence-corrected chi connectivity index (χ1v) is 4.92. The number of fused-ring (bicyclic) bond motifs is 2. The minimum Gasteiger partial charge on any atom is -0.345 e. The first-order chi connectivity index (χ1) is 6.95. The predicted molar refractivity (Wildman–Crippen MR) is 57.0 cm³/mol. The quantitative estimate of drug-likeness (QED) is 0.568. The molecule has 0 aromatic carbocycles. The summed E-state index contributed by atoms with van der Waals surface area (Å²) in [5, 5.41) is 0. The summed E-state index contributed by atoms with van der Waals surface area (Å²) < 4.78 is 0. The Kier molecular flexibility index (Phi) is 1.60. The molecule has 0 unspecified atom stereocenters. The molecule has 0 aromatic rings. The van der Waals surface area contributed by atoms with Crippen LogP contribution < -0.4 is 0 Å². The predicted octanol–water partition coefficient (Wildman–Crippen LogP) is 1.98. The molecule has 0 saturated heterocycles.